The van der Waals surface area contributed by atoms with Crippen molar-refractivity contribution in [1.82, 2.24) is 19.7 Å². The quantitative estimate of drug-likeness (QED) is 0.344. The lowest BCUT2D eigenvalue weighted by atomic mass is 10.1. The molecule has 1 amide bonds. The number of hydrogen-bond donors (Lipinski definition) is 2. The predicted octanol–water partition coefficient (Wildman–Crippen LogP) is 5.33. The number of fused-ring (bicyclic) bond motifs is 1. The second-order valence-corrected chi connectivity index (χ2v) is 9.16. The fraction of sp³-hybridized carbons (Fsp3) is 0.296. The van der Waals surface area contributed by atoms with Gasteiger partial charge in [0.1, 0.15) is 5.75 Å². The first-order valence-electron chi connectivity index (χ1n) is 11.8. The van der Waals surface area contributed by atoms with Crippen molar-refractivity contribution in [2.45, 2.75) is 32.7 Å². The minimum absolute atomic E-state index is 0.0479. The van der Waals surface area contributed by atoms with Gasteiger partial charge < -0.3 is 15.4 Å². The van der Waals surface area contributed by atoms with Gasteiger partial charge >= 0.3 is 0 Å². The average Bonchev–Trinajstić information content (AvgIpc) is 3.58. The Morgan fingerprint density at radius 3 is 2.66 bits per heavy atom. The molecule has 4 aromatic rings. The van der Waals surface area contributed by atoms with E-state index >= 15 is 0 Å². The van der Waals surface area contributed by atoms with Crippen LogP contribution in [0.15, 0.2) is 60.9 Å². The summed E-state index contributed by atoms with van der Waals surface area (Å²) in [4.78, 5) is 21.8. The van der Waals surface area contributed by atoms with Crippen molar-refractivity contribution in [3.8, 4) is 28.3 Å². The highest BCUT2D eigenvalue weighted by molar-refractivity contribution is 5.95. The van der Waals surface area contributed by atoms with E-state index in [0.29, 0.717) is 46.0 Å². The number of imidazole rings is 1. The zero-order valence-electron chi connectivity index (χ0n) is 19.8. The van der Waals surface area contributed by atoms with Crippen molar-refractivity contribution in [3.05, 3.63) is 66.5 Å². The molecule has 2 heterocycles. The highest BCUT2D eigenvalue weighted by Crippen LogP contribution is 2.32. The Balaban J connectivity index is 1.57. The van der Waals surface area contributed by atoms with Gasteiger partial charge in [0.2, 0.25) is 6.86 Å². The number of hydrogen-bond acceptors (Lipinski definition) is 5. The fourth-order valence-electron chi connectivity index (χ4n) is 3.90. The van der Waals surface area contributed by atoms with Crippen molar-refractivity contribution in [1.29, 1.82) is 0 Å². The lowest BCUT2D eigenvalue weighted by Crippen LogP contribution is -2.25. The van der Waals surface area contributed by atoms with Gasteiger partial charge in [-0.2, -0.15) is 0 Å². The van der Waals surface area contributed by atoms with Gasteiger partial charge in [0, 0.05) is 35.5 Å². The maximum absolute atomic E-state index is 13.0. The summed E-state index contributed by atoms with van der Waals surface area (Å²) in [6.07, 6.45) is 5.78. The Morgan fingerprint density at radius 1 is 1.17 bits per heavy atom. The van der Waals surface area contributed by atoms with Crippen molar-refractivity contribution in [2.24, 2.45) is 5.92 Å². The third-order valence-electron chi connectivity index (χ3n) is 5.90. The van der Waals surface area contributed by atoms with Crippen LogP contribution < -0.4 is 15.4 Å². The molecule has 0 radical (unpaired) electrons. The summed E-state index contributed by atoms with van der Waals surface area (Å²) in [5.74, 6) is 1.42. The zero-order valence-corrected chi connectivity index (χ0v) is 19.8. The molecule has 1 aliphatic carbocycles. The van der Waals surface area contributed by atoms with Gasteiger partial charge in [0.25, 0.3) is 5.91 Å². The predicted molar refractivity (Wildman–Crippen MR) is 134 cm³/mol. The first-order valence-corrected chi connectivity index (χ1v) is 11.8. The van der Waals surface area contributed by atoms with Crippen LogP contribution in [0, 0.1) is 5.92 Å². The number of amides is 1. The highest BCUT2D eigenvalue weighted by atomic mass is 19.1. The molecular weight excluding hydrogens is 445 g/mol. The first kappa shape index (κ1) is 22.8. The maximum atomic E-state index is 13.0. The maximum Gasteiger partial charge on any atom is 0.251 e. The van der Waals surface area contributed by atoms with Crippen molar-refractivity contribution < 1.29 is 13.9 Å². The summed E-state index contributed by atoms with van der Waals surface area (Å²) in [6.45, 7) is 4.04. The SMILES string of the molecule is CC(C)CNc1nc(-c2ccccc2OCF)cn2c(-c3ccc(C(=O)NC4CC4)cc3)cnc12. The molecule has 1 aliphatic rings. The van der Waals surface area contributed by atoms with E-state index in [0.717, 1.165) is 30.6 Å². The third-order valence-corrected chi connectivity index (χ3v) is 5.90. The molecule has 2 N–H and O–H groups in total. The number of carbonyl (C=O) groups is 1. The van der Waals surface area contributed by atoms with Crippen LogP contribution in [-0.2, 0) is 0 Å². The van der Waals surface area contributed by atoms with Crippen molar-refractivity contribution in [2.75, 3.05) is 18.7 Å². The molecule has 5 rings (SSSR count). The largest absolute Gasteiger partial charge is 0.462 e. The standard InChI is InChI=1S/C27H28FN5O2/c1-17(2)13-29-25-26-30-14-23(18-7-9-19(10-8-18)27(34)31-20-11-12-20)33(26)15-22(32-25)21-5-3-4-6-24(21)35-16-28/h3-10,14-15,17,20H,11-13,16H2,1-2H3,(H,29,32)(H,31,34). The zero-order chi connectivity index (χ0) is 24.4. The van der Waals surface area contributed by atoms with Crippen LogP contribution in [0.1, 0.15) is 37.0 Å². The van der Waals surface area contributed by atoms with Crippen LogP contribution in [0.3, 0.4) is 0 Å². The number of alkyl halides is 1. The minimum Gasteiger partial charge on any atom is -0.462 e. The summed E-state index contributed by atoms with van der Waals surface area (Å²) < 4.78 is 20.2. The molecule has 0 aliphatic heterocycles. The third kappa shape index (κ3) is 4.96. The van der Waals surface area contributed by atoms with E-state index in [4.69, 9.17) is 9.72 Å². The van der Waals surface area contributed by atoms with Gasteiger partial charge in [-0.15, -0.1) is 0 Å². The highest BCUT2D eigenvalue weighted by Gasteiger charge is 2.24. The second kappa shape index (κ2) is 9.74. The van der Waals surface area contributed by atoms with Crippen LogP contribution >= 0.6 is 0 Å². The van der Waals surface area contributed by atoms with E-state index in [1.807, 2.05) is 47.0 Å². The number of halogens is 1. The number of anilines is 1. The van der Waals surface area contributed by atoms with Crippen LogP contribution in [-0.4, -0.2) is 39.7 Å². The Morgan fingerprint density at radius 2 is 1.94 bits per heavy atom. The summed E-state index contributed by atoms with van der Waals surface area (Å²) in [6, 6.07) is 15.1. The number of nitrogens with zero attached hydrogens (tertiary/aromatic N) is 3. The van der Waals surface area contributed by atoms with Gasteiger partial charge in [-0.3, -0.25) is 9.20 Å². The van der Waals surface area contributed by atoms with E-state index in [1.165, 1.54) is 0 Å². The smallest absolute Gasteiger partial charge is 0.251 e. The molecule has 35 heavy (non-hydrogen) atoms. The van der Waals surface area contributed by atoms with Gasteiger partial charge in [-0.25, -0.2) is 14.4 Å². The van der Waals surface area contributed by atoms with Crippen LogP contribution in [0.4, 0.5) is 10.2 Å². The first-order chi connectivity index (χ1) is 17.0. The van der Waals surface area contributed by atoms with E-state index < -0.39 is 6.86 Å². The summed E-state index contributed by atoms with van der Waals surface area (Å²) >= 11 is 0. The number of para-hydroxylation sites is 1. The Bertz CT molecular complexity index is 1350. The summed E-state index contributed by atoms with van der Waals surface area (Å²) in [5, 5.41) is 6.41. The van der Waals surface area contributed by atoms with E-state index in [2.05, 4.69) is 29.5 Å². The van der Waals surface area contributed by atoms with Gasteiger partial charge in [-0.1, -0.05) is 38.1 Å². The van der Waals surface area contributed by atoms with Gasteiger partial charge in [0.05, 0.1) is 17.6 Å². The average molecular weight is 474 g/mol. The van der Waals surface area contributed by atoms with Crippen LogP contribution in [0.5, 0.6) is 5.75 Å². The number of nitrogens with one attached hydrogen (secondary N) is 2. The van der Waals surface area contributed by atoms with Crippen molar-refractivity contribution in [3.63, 3.8) is 0 Å². The molecule has 8 heteroatoms. The molecule has 0 atom stereocenters. The van der Waals surface area contributed by atoms with Gasteiger partial charge in [-0.05, 0) is 43.0 Å². The normalized spacial score (nSPS) is 13.3. The number of carbonyl (C=O) groups excluding carboxylic acids is 1. The minimum atomic E-state index is -0.922. The molecule has 0 bridgehead atoms. The number of ether oxygens (including phenoxy) is 1. The van der Waals surface area contributed by atoms with Gasteiger partial charge in [0.15, 0.2) is 11.5 Å². The van der Waals surface area contributed by atoms with E-state index in [-0.39, 0.29) is 5.91 Å². The fourth-order valence-corrected chi connectivity index (χ4v) is 3.90. The van der Waals surface area contributed by atoms with Crippen LogP contribution in [0.25, 0.3) is 28.2 Å². The second-order valence-electron chi connectivity index (χ2n) is 9.16. The summed E-state index contributed by atoms with van der Waals surface area (Å²) in [5.41, 5.74) is 4.41. The molecule has 0 spiro atoms. The molecule has 1 fully saturated rings. The Kier molecular flexibility index (Phi) is 6.35. The van der Waals surface area contributed by atoms with E-state index in [1.54, 1.807) is 18.3 Å². The molecule has 7 nitrogen and oxygen atoms in total. The lowest BCUT2D eigenvalue weighted by molar-refractivity contribution is 0.0951. The van der Waals surface area contributed by atoms with E-state index in [9.17, 15) is 9.18 Å². The summed E-state index contributed by atoms with van der Waals surface area (Å²) in [7, 11) is 0. The number of rotatable bonds is 9. The Hall–Kier alpha value is -3.94. The monoisotopic (exact) mass is 473 g/mol. The topological polar surface area (TPSA) is 80.5 Å². The van der Waals surface area contributed by atoms with Crippen LogP contribution in [0.2, 0.25) is 0 Å². The van der Waals surface area contributed by atoms with Crippen molar-refractivity contribution >= 4 is 17.4 Å². The molecular formula is C27H28FN5O2. The molecule has 180 valence electrons. The molecule has 0 unspecified atom stereocenters. The molecule has 2 aromatic heterocycles. The Labute approximate surface area is 203 Å². The molecule has 1 saturated carbocycles. The molecule has 0 saturated heterocycles. The number of aromatic nitrogens is 3. The molecule has 2 aromatic carbocycles. The number of benzene rings is 2. The lowest BCUT2D eigenvalue weighted by Gasteiger charge is -2.14.